The highest BCUT2D eigenvalue weighted by Crippen LogP contribution is 2.31. The summed E-state index contributed by atoms with van der Waals surface area (Å²) in [6.45, 7) is 0.548. The van der Waals surface area contributed by atoms with Crippen LogP contribution in [0.4, 0.5) is 5.69 Å². The fourth-order valence-electron chi connectivity index (χ4n) is 2.34. The number of amides is 1. The summed E-state index contributed by atoms with van der Waals surface area (Å²) in [5, 5.41) is 0.457. The van der Waals surface area contributed by atoms with Crippen molar-refractivity contribution in [2.75, 3.05) is 11.4 Å². The van der Waals surface area contributed by atoms with Crippen molar-refractivity contribution in [1.82, 2.24) is 4.57 Å². The Labute approximate surface area is 125 Å². The van der Waals surface area contributed by atoms with Gasteiger partial charge in [0.25, 0.3) is 17.2 Å². The van der Waals surface area contributed by atoms with Gasteiger partial charge in [0.05, 0.1) is 11.3 Å². The zero-order chi connectivity index (χ0) is 15.0. The molecule has 21 heavy (non-hydrogen) atoms. The summed E-state index contributed by atoms with van der Waals surface area (Å²) >= 11 is 5.92. The largest absolute Gasteiger partial charge is 0.314 e. The fourth-order valence-corrected chi connectivity index (χ4v) is 2.51. The van der Waals surface area contributed by atoms with Crippen molar-refractivity contribution in [3.05, 3.63) is 63.5 Å². The maximum Gasteiger partial charge on any atom is 0.299 e. The average Bonchev–Trinajstić information content (AvgIpc) is 2.70. The van der Waals surface area contributed by atoms with E-state index in [0.29, 0.717) is 22.8 Å². The van der Waals surface area contributed by atoms with Gasteiger partial charge in [-0.3, -0.25) is 14.4 Å². The zero-order valence-corrected chi connectivity index (χ0v) is 11.7. The van der Waals surface area contributed by atoms with E-state index >= 15 is 0 Å². The number of anilines is 1. The van der Waals surface area contributed by atoms with E-state index in [4.69, 9.17) is 11.6 Å². The summed E-state index contributed by atoms with van der Waals surface area (Å²) in [6, 6.07) is 9.56. The van der Waals surface area contributed by atoms with Crippen LogP contribution >= 0.6 is 11.6 Å². The van der Waals surface area contributed by atoms with Crippen LogP contribution in [0.5, 0.6) is 0 Å². The molecule has 0 saturated heterocycles. The third kappa shape index (κ3) is 2.36. The Kier molecular flexibility index (Phi) is 3.35. The third-order valence-corrected chi connectivity index (χ3v) is 3.63. The van der Waals surface area contributed by atoms with Crippen molar-refractivity contribution < 1.29 is 9.59 Å². The van der Waals surface area contributed by atoms with Crippen LogP contribution in [0.2, 0.25) is 5.02 Å². The molecular formula is C15H11ClN2O3. The van der Waals surface area contributed by atoms with Gasteiger partial charge in [-0.15, -0.1) is 0 Å². The first kappa shape index (κ1) is 13.6. The molecule has 0 aliphatic carbocycles. The topological polar surface area (TPSA) is 59.4 Å². The number of fused-ring (bicyclic) bond motifs is 1. The second-order valence-corrected chi connectivity index (χ2v) is 5.12. The molecule has 0 atom stereocenters. The Hall–Kier alpha value is -2.40. The SMILES string of the molecule is O=C1C(=O)N(CCn2ccccc2=O)c2cc(Cl)ccc21. The molecule has 2 heterocycles. The van der Waals surface area contributed by atoms with Gasteiger partial charge in [-0.2, -0.15) is 0 Å². The third-order valence-electron chi connectivity index (χ3n) is 3.40. The van der Waals surface area contributed by atoms with Crippen LogP contribution in [0.15, 0.2) is 47.4 Å². The number of pyridine rings is 1. The Morgan fingerprint density at radius 3 is 2.57 bits per heavy atom. The molecule has 0 saturated carbocycles. The number of aromatic nitrogens is 1. The molecule has 6 heteroatoms. The lowest BCUT2D eigenvalue weighted by atomic mass is 10.1. The van der Waals surface area contributed by atoms with Crippen LogP contribution in [0, 0.1) is 0 Å². The quantitative estimate of drug-likeness (QED) is 0.811. The summed E-state index contributed by atoms with van der Waals surface area (Å²) in [5.41, 5.74) is 0.702. The molecule has 1 aliphatic rings. The summed E-state index contributed by atoms with van der Waals surface area (Å²) < 4.78 is 1.49. The van der Waals surface area contributed by atoms with Gasteiger partial charge in [-0.25, -0.2) is 0 Å². The highest BCUT2D eigenvalue weighted by atomic mass is 35.5. The normalized spacial score (nSPS) is 13.7. The number of ketones is 1. The highest BCUT2D eigenvalue weighted by molar-refractivity contribution is 6.52. The van der Waals surface area contributed by atoms with E-state index in [0.717, 1.165) is 0 Å². The number of carbonyl (C=O) groups excluding carboxylic acids is 2. The monoisotopic (exact) mass is 302 g/mol. The van der Waals surface area contributed by atoms with Crippen molar-refractivity contribution in [2.45, 2.75) is 6.54 Å². The molecule has 0 bridgehead atoms. The molecule has 0 radical (unpaired) electrons. The van der Waals surface area contributed by atoms with E-state index in [9.17, 15) is 14.4 Å². The van der Waals surface area contributed by atoms with Crippen molar-refractivity contribution in [3.8, 4) is 0 Å². The number of halogens is 1. The van der Waals surface area contributed by atoms with E-state index in [1.54, 1.807) is 36.5 Å². The summed E-state index contributed by atoms with van der Waals surface area (Å²) in [4.78, 5) is 36.9. The van der Waals surface area contributed by atoms with Gasteiger partial charge >= 0.3 is 0 Å². The van der Waals surface area contributed by atoms with E-state index in [1.807, 2.05) is 0 Å². The van der Waals surface area contributed by atoms with Gasteiger partial charge in [0, 0.05) is 30.4 Å². The molecule has 0 spiro atoms. The van der Waals surface area contributed by atoms with E-state index in [-0.39, 0.29) is 12.1 Å². The number of benzene rings is 1. The van der Waals surface area contributed by atoms with Crippen molar-refractivity contribution >= 4 is 29.0 Å². The standard InChI is InChI=1S/C15H11ClN2O3/c16-10-4-5-11-12(9-10)18(15(21)14(11)20)8-7-17-6-2-1-3-13(17)19/h1-6,9H,7-8H2. The summed E-state index contributed by atoms with van der Waals surface area (Å²) in [6.07, 6.45) is 1.64. The van der Waals surface area contributed by atoms with E-state index in [1.165, 1.54) is 15.5 Å². The van der Waals surface area contributed by atoms with E-state index < -0.39 is 11.7 Å². The van der Waals surface area contributed by atoms with Gasteiger partial charge in [0.1, 0.15) is 0 Å². The molecule has 0 unspecified atom stereocenters. The van der Waals surface area contributed by atoms with Gasteiger partial charge in [-0.1, -0.05) is 17.7 Å². The van der Waals surface area contributed by atoms with Gasteiger partial charge in [-0.05, 0) is 24.3 Å². The molecule has 1 aromatic carbocycles. The van der Waals surface area contributed by atoms with Crippen molar-refractivity contribution in [2.24, 2.45) is 0 Å². The average molecular weight is 303 g/mol. The molecule has 5 nitrogen and oxygen atoms in total. The second kappa shape index (κ2) is 5.18. The maximum absolute atomic E-state index is 12.0. The number of hydrogen-bond donors (Lipinski definition) is 0. The first-order valence-corrected chi connectivity index (χ1v) is 6.77. The van der Waals surface area contributed by atoms with Crippen LogP contribution in [-0.2, 0) is 11.3 Å². The molecule has 1 amide bonds. The first-order chi connectivity index (χ1) is 10.1. The molecular weight excluding hydrogens is 292 g/mol. The smallest absolute Gasteiger partial charge is 0.299 e. The minimum atomic E-state index is -0.587. The number of carbonyl (C=O) groups is 2. The van der Waals surface area contributed by atoms with Gasteiger partial charge in [0.15, 0.2) is 0 Å². The molecule has 0 fully saturated rings. The number of hydrogen-bond acceptors (Lipinski definition) is 3. The Morgan fingerprint density at radius 2 is 1.81 bits per heavy atom. The second-order valence-electron chi connectivity index (χ2n) is 4.68. The number of nitrogens with zero attached hydrogens (tertiary/aromatic N) is 2. The van der Waals surface area contributed by atoms with Crippen molar-refractivity contribution in [3.63, 3.8) is 0 Å². The highest BCUT2D eigenvalue weighted by Gasteiger charge is 2.35. The Morgan fingerprint density at radius 1 is 1.00 bits per heavy atom. The lowest BCUT2D eigenvalue weighted by molar-refractivity contribution is -0.114. The lowest BCUT2D eigenvalue weighted by Gasteiger charge is -2.17. The molecule has 1 aromatic heterocycles. The molecule has 106 valence electrons. The number of rotatable bonds is 3. The predicted octanol–water partition coefficient (Wildman–Crippen LogP) is 1.73. The maximum atomic E-state index is 12.0. The molecule has 1 aliphatic heterocycles. The molecule has 2 aromatic rings. The van der Waals surface area contributed by atoms with Crippen molar-refractivity contribution in [1.29, 1.82) is 0 Å². The zero-order valence-electron chi connectivity index (χ0n) is 11.0. The summed E-state index contributed by atoms with van der Waals surface area (Å²) in [5.74, 6) is -1.13. The number of Topliss-reactive ketones (excluding diaryl/α,β-unsaturated/α-hetero) is 1. The van der Waals surface area contributed by atoms with Crippen LogP contribution < -0.4 is 10.5 Å². The van der Waals surface area contributed by atoms with Crippen LogP contribution in [-0.4, -0.2) is 22.8 Å². The van der Waals surface area contributed by atoms with E-state index in [2.05, 4.69) is 0 Å². The Balaban J connectivity index is 1.89. The van der Waals surface area contributed by atoms with Crippen LogP contribution in [0.3, 0.4) is 0 Å². The predicted molar refractivity (Wildman–Crippen MR) is 78.8 cm³/mol. The molecule has 3 rings (SSSR count). The molecule has 0 N–H and O–H groups in total. The Bertz CT molecular complexity index is 798. The first-order valence-electron chi connectivity index (χ1n) is 6.39. The lowest BCUT2D eigenvalue weighted by Crippen LogP contribution is -2.34. The van der Waals surface area contributed by atoms with Gasteiger partial charge < -0.3 is 9.47 Å². The fraction of sp³-hybridized carbons (Fsp3) is 0.133. The minimum absolute atomic E-state index is 0.151. The minimum Gasteiger partial charge on any atom is -0.314 e. The summed E-state index contributed by atoms with van der Waals surface area (Å²) in [7, 11) is 0. The van der Waals surface area contributed by atoms with Crippen LogP contribution in [0.1, 0.15) is 10.4 Å². The van der Waals surface area contributed by atoms with Crippen LogP contribution in [0.25, 0.3) is 0 Å². The van der Waals surface area contributed by atoms with Gasteiger partial charge in [0.2, 0.25) is 0 Å².